The summed E-state index contributed by atoms with van der Waals surface area (Å²) in [5.74, 6) is 0.589. The summed E-state index contributed by atoms with van der Waals surface area (Å²) in [6.07, 6.45) is 1.07. The summed E-state index contributed by atoms with van der Waals surface area (Å²) >= 11 is 0. The molecule has 5 rings (SSSR count). The number of hydrogen-bond acceptors (Lipinski definition) is 6. The second kappa shape index (κ2) is 11.8. The summed E-state index contributed by atoms with van der Waals surface area (Å²) in [5.41, 5.74) is 6.65. The third-order valence-electron chi connectivity index (χ3n) is 7.60. The first-order valence-electron chi connectivity index (χ1n) is 13.3. The first-order chi connectivity index (χ1) is 18.3. The average Bonchev–Trinajstić information content (AvgIpc) is 3.58. The molecule has 1 aliphatic rings. The molecular weight excluding hydrogens is 508 g/mol. The number of nitriles is 1. The van der Waals surface area contributed by atoms with E-state index >= 15 is 0 Å². The quantitative estimate of drug-likeness (QED) is 0.245. The summed E-state index contributed by atoms with van der Waals surface area (Å²) in [4.78, 5) is 9.66. The molecule has 0 saturated carbocycles. The Labute approximate surface area is 237 Å². The standard InChI is InChI=1S/C32H36N4O2.ClH/c1-22-26(18-33)28-30(38-31(34-28)32(2,3)21-37-20-23-12-8-6-9-13-23)29(27(22)24-14-10-7-11-15-24)36-17-16-25(19-36)35(4)5;/h6-15,25H,16-17,19-21H2,1-5H3;1H. The lowest BCUT2D eigenvalue weighted by atomic mass is 9.93. The number of benzene rings is 3. The number of fused-ring (bicyclic) bond motifs is 1. The van der Waals surface area contributed by atoms with Crippen LogP contribution in [0.15, 0.2) is 65.1 Å². The van der Waals surface area contributed by atoms with E-state index in [1.165, 1.54) is 0 Å². The van der Waals surface area contributed by atoms with Crippen molar-refractivity contribution in [2.75, 3.05) is 38.7 Å². The Kier molecular flexibility index (Phi) is 8.66. The van der Waals surface area contributed by atoms with Crippen LogP contribution in [0.25, 0.3) is 22.2 Å². The number of oxazole rings is 1. The zero-order chi connectivity index (χ0) is 26.9. The molecule has 3 aromatic carbocycles. The summed E-state index contributed by atoms with van der Waals surface area (Å²) < 4.78 is 12.7. The average molecular weight is 545 g/mol. The van der Waals surface area contributed by atoms with E-state index in [9.17, 15) is 5.26 Å². The predicted octanol–water partition coefficient (Wildman–Crippen LogP) is 6.73. The molecule has 1 fully saturated rings. The highest BCUT2D eigenvalue weighted by atomic mass is 35.5. The maximum Gasteiger partial charge on any atom is 0.203 e. The topological polar surface area (TPSA) is 65.5 Å². The van der Waals surface area contributed by atoms with Gasteiger partial charge in [0.1, 0.15) is 11.6 Å². The van der Waals surface area contributed by atoms with Gasteiger partial charge in [0.2, 0.25) is 5.89 Å². The maximum atomic E-state index is 10.3. The van der Waals surface area contributed by atoms with Crippen molar-refractivity contribution in [3.8, 4) is 17.2 Å². The molecule has 1 unspecified atom stereocenters. The number of aromatic nitrogens is 1. The second-order valence-electron chi connectivity index (χ2n) is 11.1. The Morgan fingerprint density at radius 3 is 2.38 bits per heavy atom. The fraction of sp³-hybridized carbons (Fsp3) is 0.375. The highest BCUT2D eigenvalue weighted by Gasteiger charge is 2.34. The lowest BCUT2D eigenvalue weighted by Crippen LogP contribution is -2.31. The number of halogens is 1. The molecule has 6 nitrogen and oxygen atoms in total. The fourth-order valence-electron chi connectivity index (χ4n) is 5.36. The molecule has 0 N–H and O–H groups in total. The zero-order valence-electron chi connectivity index (χ0n) is 23.4. The third kappa shape index (κ3) is 5.67. The van der Waals surface area contributed by atoms with Gasteiger partial charge in [-0.25, -0.2) is 4.98 Å². The van der Waals surface area contributed by atoms with Gasteiger partial charge in [0.05, 0.1) is 29.9 Å². The third-order valence-corrected chi connectivity index (χ3v) is 7.60. The van der Waals surface area contributed by atoms with Crippen molar-refractivity contribution >= 4 is 29.2 Å². The largest absolute Gasteiger partial charge is 0.438 e. The molecule has 204 valence electrons. The first-order valence-corrected chi connectivity index (χ1v) is 13.3. The summed E-state index contributed by atoms with van der Waals surface area (Å²) in [7, 11) is 4.27. The molecular formula is C32H37ClN4O2. The number of rotatable bonds is 8. The van der Waals surface area contributed by atoms with Crippen LogP contribution in [0.3, 0.4) is 0 Å². The van der Waals surface area contributed by atoms with E-state index in [1.807, 2.05) is 43.3 Å². The molecule has 0 spiro atoms. The van der Waals surface area contributed by atoms with Crippen molar-refractivity contribution in [1.82, 2.24) is 9.88 Å². The molecule has 0 radical (unpaired) electrons. The van der Waals surface area contributed by atoms with Crippen LogP contribution in [0.2, 0.25) is 0 Å². The van der Waals surface area contributed by atoms with E-state index in [4.69, 9.17) is 14.1 Å². The number of nitrogens with zero attached hydrogens (tertiary/aromatic N) is 4. The highest BCUT2D eigenvalue weighted by Crippen LogP contribution is 2.45. The van der Waals surface area contributed by atoms with Gasteiger partial charge in [-0.05, 0) is 58.0 Å². The number of anilines is 1. The van der Waals surface area contributed by atoms with Crippen molar-refractivity contribution in [1.29, 1.82) is 5.26 Å². The van der Waals surface area contributed by atoms with Gasteiger partial charge in [0, 0.05) is 24.7 Å². The van der Waals surface area contributed by atoms with Gasteiger partial charge in [0.15, 0.2) is 5.58 Å². The molecule has 1 aliphatic heterocycles. The highest BCUT2D eigenvalue weighted by molar-refractivity contribution is 6.02. The van der Waals surface area contributed by atoms with Crippen LogP contribution in [0.5, 0.6) is 0 Å². The zero-order valence-corrected chi connectivity index (χ0v) is 24.2. The van der Waals surface area contributed by atoms with Crippen LogP contribution in [-0.4, -0.2) is 49.7 Å². The first kappa shape index (κ1) is 28.6. The SMILES string of the molecule is Cc1c(-c2ccccc2)c(N2CCC(N(C)C)C2)c2oc(C(C)(C)COCc3ccccc3)nc2c1C#N.Cl. The molecule has 7 heteroatoms. The summed E-state index contributed by atoms with van der Waals surface area (Å²) in [6, 6.07) is 23.4. The lowest BCUT2D eigenvalue weighted by molar-refractivity contribution is 0.0736. The van der Waals surface area contributed by atoms with Crippen molar-refractivity contribution in [3.05, 3.63) is 83.2 Å². The predicted molar refractivity (Wildman–Crippen MR) is 160 cm³/mol. The van der Waals surface area contributed by atoms with E-state index in [1.54, 1.807) is 0 Å². The monoisotopic (exact) mass is 544 g/mol. The van der Waals surface area contributed by atoms with Crippen LogP contribution in [0.4, 0.5) is 5.69 Å². The van der Waals surface area contributed by atoms with E-state index in [0.717, 1.165) is 47.5 Å². The second-order valence-corrected chi connectivity index (χ2v) is 11.1. The number of likely N-dealkylation sites (N-methyl/N-ethyl adjacent to an activating group) is 1. The molecule has 1 saturated heterocycles. The Morgan fingerprint density at radius 2 is 1.77 bits per heavy atom. The van der Waals surface area contributed by atoms with Crippen molar-refractivity contribution in [3.63, 3.8) is 0 Å². The van der Waals surface area contributed by atoms with Gasteiger partial charge >= 0.3 is 0 Å². The van der Waals surface area contributed by atoms with Gasteiger partial charge in [-0.1, -0.05) is 60.7 Å². The van der Waals surface area contributed by atoms with Crippen LogP contribution in [-0.2, 0) is 16.8 Å². The van der Waals surface area contributed by atoms with E-state index in [2.05, 4.69) is 68.1 Å². The molecule has 0 amide bonds. The van der Waals surface area contributed by atoms with Gasteiger partial charge in [-0.2, -0.15) is 5.26 Å². The molecule has 4 aromatic rings. The van der Waals surface area contributed by atoms with Gasteiger partial charge in [0.25, 0.3) is 0 Å². The fourth-order valence-corrected chi connectivity index (χ4v) is 5.36. The minimum atomic E-state index is -0.476. The summed E-state index contributed by atoms with van der Waals surface area (Å²) in [5, 5.41) is 10.3. The Morgan fingerprint density at radius 1 is 1.10 bits per heavy atom. The number of hydrogen-bond donors (Lipinski definition) is 0. The van der Waals surface area contributed by atoms with E-state index < -0.39 is 5.41 Å². The lowest BCUT2D eigenvalue weighted by Gasteiger charge is -2.26. The summed E-state index contributed by atoms with van der Waals surface area (Å²) in [6.45, 7) is 8.98. The molecule has 1 atom stereocenters. The van der Waals surface area contributed by atoms with Gasteiger partial charge < -0.3 is 19.0 Å². The minimum absolute atomic E-state index is 0. The van der Waals surface area contributed by atoms with Crippen LogP contribution in [0.1, 0.15) is 42.8 Å². The molecule has 1 aromatic heterocycles. The molecule has 2 heterocycles. The Bertz CT molecular complexity index is 1460. The Hall–Kier alpha value is -3.37. The van der Waals surface area contributed by atoms with E-state index in [0.29, 0.717) is 41.8 Å². The Balaban J connectivity index is 0.00000353. The van der Waals surface area contributed by atoms with Crippen molar-refractivity contribution in [2.24, 2.45) is 0 Å². The number of ether oxygens (including phenoxy) is 1. The maximum absolute atomic E-state index is 10.3. The van der Waals surface area contributed by atoms with Crippen LogP contribution < -0.4 is 4.90 Å². The van der Waals surface area contributed by atoms with Crippen LogP contribution in [0, 0.1) is 18.3 Å². The van der Waals surface area contributed by atoms with Gasteiger partial charge in [-0.3, -0.25) is 0 Å². The molecule has 0 aliphatic carbocycles. The van der Waals surface area contributed by atoms with Crippen LogP contribution >= 0.6 is 12.4 Å². The van der Waals surface area contributed by atoms with E-state index in [-0.39, 0.29) is 12.4 Å². The van der Waals surface area contributed by atoms with Crippen molar-refractivity contribution in [2.45, 2.75) is 45.3 Å². The molecule has 0 bridgehead atoms. The smallest absolute Gasteiger partial charge is 0.203 e. The van der Waals surface area contributed by atoms with Crippen molar-refractivity contribution < 1.29 is 9.15 Å². The van der Waals surface area contributed by atoms with Gasteiger partial charge in [-0.15, -0.1) is 12.4 Å². The normalized spacial score (nSPS) is 15.5. The molecule has 39 heavy (non-hydrogen) atoms. The minimum Gasteiger partial charge on any atom is -0.438 e.